The maximum absolute atomic E-state index is 8.95. The summed E-state index contributed by atoms with van der Waals surface area (Å²) in [5, 5.41) is 0. The van der Waals surface area contributed by atoms with Crippen LogP contribution in [0, 0.1) is 0 Å². The summed E-state index contributed by atoms with van der Waals surface area (Å²) in [6.07, 6.45) is 0. The van der Waals surface area contributed by atoms with Gasteiger partial charge in [0.2, 0.25) is 0 Å². The van der Waals surface area contributed by atoms with Gasteiger partial charge in [-0.15, -0.1) is 0 Å². The minimum Gasteiger partial charge on any atom is -2.00 e. The Kier molecular flexibility index (Phi) is 89.4. The molecule has 0 aliphatic rings. The number of hydrogen-bond acceptors (Lipinski definition) is 6. The first-order valence-corrected chi connectivity index (χ1v) is 1.89. The average Bonchev–Trinajstić information content (AvgIpc) is 1.93. The van der Waals surface area contributed by atoms with E-state index in [2.05, 4.69) is 9.14 Å². The van der Waals surface area contributed by atoms with Crippen molar-refractivity contribution in [2.75, 3.05) is 0 Å². The van der Waals surface area contributed by atoms with Crippen molar-refractivity contribution in [3.05, 3.63) is 0 Å². The zero-order chi connectivity index (χ0) is 8.24. The topological polar surface area (TPSA) is 115 Å². The van der Waals surface area contributed by atoms with Gasteiger partial charge in [0.25, 0.3) is 0 Å². The van der Waals surface area contributed by atoms with Gasteiger partial charge in [0, 0.05) is 0 Å². The average molecular weight is 169 g/mol. The SMILES string of the molecule is O=BOB=O.O=BOB=O.[Li+].[Li+].[O-2]. The monoisotopic (exact) mass is 170 g/mol. The van der Waals surface area contributed by atoms with Crippen molar-refractivity contribution in [1.82, 2.24) is 0 Å². The van der Waals surface area contributed by atoms with Gasteiger partial charge in [-0.1, -0.05) is 0 Å². The molecule has 0 rings (SSSR count). The Balaban J connectivity index is -0.0000000267. The van der Waals surface area contributed by atoms with E-state index in [-0.39, 0.29) is 72.6 Å². The van der Waals surface area contributed by atoms with Gasteiger partial charge in [0.15, 0.2) is 0 Å². The Hall–Kier alpha value is 0.215. The summed E-state index contributed by atoms with van der Waals surface area (Å²) in [5.41, 5.74) is 0. The Bertz CT molecular complexity index is 91.1. The Morgan fingerprint density at radius 3 is 0.769 bits per heavy atom. The molecule has 0 saturated carbocycles. The molecule has 0 aromatic carbocycles. The molecule has 7 nitrogen and oxygen atoms in total. The Morgan fingerprint density at radius 1 is 0.615 bits per heavy atom. The first kappa shape index (κ1) is 29.2. The quantitative estimate of drug-likeness (QED) is 0.386. The zero-order valence-electron chi connectivity index (χ0n) is 7.17. The van der Waals surface area contributed by atoms with Crippen LogP contribution < -0.4 is 37.7 Å². The van der Waals surface area contributed by atoms with Crippen LogP contribution in [0.5, 0.6) is 0 Å². The maximum atomic E-state index is 8.95. The molecule has 0 spiro atoms. The smallest absolute Gasteiger partial charge is 1.00 e. The van der Waals surface area contributed by atoms with Crippen LogP contribution in [-0.4, -0.2) is 29.4 Å². The van der Waals surface area contributed by atoms with Crippen LogP contribution in [-0.2, 0) is 33.4 Å². The molecule has 0 radical (unpaired) electrons. The molecule has 13 heavy (non-hydrogen) atoms. The van der Waals surface area contributed by atoms with Crippen molar-refractivity contribution < 1.29 is 71.2 Å². The van der Waals surface area contributed by atoms with Crippen LogP contribution in [0.15, 0.2) is 0 Å². The second kappa shape index (κ2) is 39.8. The van der Waals surface area contributed by atoms with Crippen LogP contribution in [0.2, 0.25) is 0 Å². The van der Waals surface area contributed by atoms with Crippen molar-refractivity contribution in [3.8, 4) is 0 Å². The van der Waals surface area contributed by atoms with Gasteiger partial charge < -0.3 is 5.48 Å². The van der Waals surface area contributed by atoms with Gasteiger partial charge in [-0.25, -0.2) is 0 Å². The van der Waals surface area contributed by atoms with Crippen molar-refractivity contribution in [3.63, 3.8) is 0 Å². The van der Waals surface area contributed by atoms with Gasteiger partial charge in [0.05, 0.1) is 0 Å². The summed E-state index contributed by atoms with van der Waals surface area (Å²) in [7, 11) is 0.250. The van der Waals surface area contributed by atoms with E-state index in [1.165, 1.54) is 0 Å². The first-order valence-electron chi connectivity index (χ1n) is 1.89. The summed E-state index contributed by atoms with van der Waals surface area (Å²) in [6.45, 7) is 0. The van der Waals surface area contributed by atoms with E-state index in [0.717, 1.165) is 0 Å². The maximum Gasteiger partial charge on any atom is 1.00 e. The molecular weight excluding hydrogens is 169 g/mol. The van der Waals surface area contributed by atoms with E-state index < -0.39 is 0 Å². The summed E-state index contributed by atoms with van der Waals surface area (Å²) in [5.74, 6) is 0. The Labute approximate surface area is 100 Å². The fraction of sp³-hybridized carbons (Fsp3) is 0. The third kappa shape index (κ3) is 71.7. The normalized spacial score (nSPS) is 3.08. The van der Waals surface area contributed by atoms with Gasteiger partial charge in [0.1, 0.15) is 0 Å². The van der Waals surface area contributed by atoms with Gasteiger partial charge in [-0.3, -0.25) is 0 Å². The molecule has 0 amide bonds. The molecule has 56 valence electrons. The summed E-state index contributed by atoms with van der Waals surface area (Å²) in [4.78, 5) is 0. The molecule has 0 heterocycles. The van der Waals surface area contributed by atoms with E-state index in [0.29, 0.717) is 0 Å². The molecule has 0 N–H and O–H groups in total. The summed E-state index contributed by atoms with van der Waals surface area (Å²) in [6, 6.07) is 0. The standard InChI is InChI=1S/2B2O3.2Li.O/c2*3-1-5-2-4;;;/q;;2*+1;-2. The largest absolute Gasteiger partial charge is 2.00 e. The van der Waals surface area contributed by atoms with Gasteiger partial charge >= 0.3 is 95.1 Å². The molecule has 0 aromatic heterocycles. The van der Waals surface area contributed by atoms with E-state index in [4.69, 9.17) is 18.8 Å². The molecule has 13 heteroatoms. The molecule has 0 aliphatic carbocycles. The number of rotatable bonds is 4. The van der Waals surface area contributed by atoms with Crippen molar-refractivity contribution in [2.45, 2.75) is 0 Å². The summed E-state index contributed by atoms with van der Waals surface area (Å²) >= 11 is 0. The minimum absolute atomic E-state index is 0. The fourth-order valence-corrected chi connectivity index (χ4v) is 0.0454. The van der Waals surface area contributed by atoms with Crippen LogP contribution in [0.25, 0.3) is 0 Å². The molecular formula is B4Li2O7. The molecule has 0 atom stereocenters. The predicted octanol–water partition coefficient (Wildman–Crippen LogP) is -8.25. The fourth-order valence-electron chi connectivity index (χ4n) is 0.0454. The molecule has 0 aromatic rings. The number of hydrogen-bond donors (Lipinski definition) is 0. The molecule has 0 unspecified atom stereocenters. The van der Waals surface area contributed by atoms with E-state index in [1.807, 2.05) is 0 Å². The van der Waals surface area contributed by atoms with E-state index >= 15 is 0 Å². The predicted molar refractivity (Wildman–Crippen MR) is 28.6 cm³/mol. The van der Waals surface area contributed by atoms with Crippen LogP contribution in [0.1, 0.15) is 0 Å². The molecule has 0 aliphatic heterocycles. The van der Waals surface area contributed by atoms with Gasteiger partial charge in [-0.05, 0) is 0 Å². The third-order valence-corrected chi connectivity index (χ3v) is 0.222. The Morgan fingerprint density at radius 2 is 0.769 bits per heavy atom. The second-order valence-corrected chi connectivity index (χ2v) is 0.657. The molecule has 0 saturated heterocycles. The molecule has 0 bridgehead atoms. The summed E-state index contributed by atoms with van der Waals surface area (Å²) < 4.78 is 42.8. The van der Waals surface area contributed by atoms with Crippen LogP contribution >= 0.6 is 0 Å². The zero-order valence-corrected chi connectivity index (χ0v) is 7.17. The van der Waals surface area contributed by atoms with Crippen molar-refractivity contribution in [2.24, 2.45) is 0 Å². The minimum atomic E-state index is 0. The van der Waals surface area contributed by atoms with E-state index in [1.54, 1.807) is 0 Å². The second-order valence-electron chi connectivity index (χ2n) is 0.657. The van der Waals surface area contributed by atoms with Crippen LogP contribution in [0.3, 0.4) is 0 Å². The van der Waals surface area contributed by atoms with Crippen LogP contribution in [0.4, 0.5) is 0 Å². The van der Waals surface area contributed by atoms with Gasteiger partial charge in [-0.2, -0.15) is 0 Å². The van der Waals surface area contributed by atoms with E-state index in [9.17, 15) is 0 Å². The first-order chi connectivity index (χ1) is 4.83. The molecule has 0 fully saturated rings. The third-order valence-electron chi connectivity index (χ3n) is 0.222. The van der Waals surface area contributed by atoms with Crippen molar-refractivity contribution >= 4 is 29.4 Å². The van der Waals surface area contributed by atoms with Crippen molar-refractivity contribution in [1.29, 1.82) is 0 Å².